The van der Waals surface area contributed by atoms with Gasteiger partial charge >= 0.3 is 0 Å². The van der Waals surface area contributed by atoms with Gasteiger partial charge in [-0.15, -0.1) is 5.10 Å². The average molecular weight is 385 g/mol. The first-order chi connectivity index (χ1) is 12.3. The number of allylic oxidation sites excluding steroid dienone is 2. The predicted molar refractivity (Wildman–Crippen MR) is 101 cm³/mol. The topological polar surface area (TPSA) is 106 Å². The molecule has 0 saturated heterocycles. The van der Waals surface area contributed by atoms with Crippen LogP contribution in [-0.4, -0.2) is 42.7 Å². The smallest absolute Gasteiger partial charge is 0.272 e. The van der Waals surface area contributed by atoms with E-state index in [9.17, 15) is 13.0 Å². The number of anilines is 1. The first-order valence-electron chi connectivity index (χ1n) is 7.38. The largest absolute Gasteiger partial charge is 0.469 e. The minimum absolute atomic E-state index is 0.0510. The Bertz CT molecular complexity index is 708. The standard InChI is InChI=1S/C16H21F2N5O2S/c1-21-22-16(25-11-15(17)18)14(20)9-8-12(19)10-23(26(2)24)13-6-4-3-5-7-13/h3-9,15H,1,10-11,19-20H2,2H3/b12-8-,14-9-,22-16-. The lowest BCUT2D eigenvalue weighted by Gasteiger charge is -2.21. The highest BCUT2D eigenvalue weighted by Crippen LogP contribution is 2.15. The molecule has 0 saturated carbocycles. The lowest BCUT2D eigenvalue weighted by molar-refractivity contribution is 0.0763. The highest BCUT2D eigenvalue weighted by Gasteiger charge is 2.12. The van der Waals surface area contributed by atoms with Crippen LogP contribution >= 0.6 is 0 Å². The summed E-state index contributed by atoms with van der Waals surface area (Å²) in [7, 11) is -1.30. The summed E-state index contributed by atoms with van der Waals surface area (Å²) in [4.78, 5) is 0. The lowest BCUT2D eigenvalue weighted by atomic mass is 10.3. The van der Waals surface area contributed by atoms with E-state index < -0.39 is 24.0 Å². The van der Waals surface area contributed by atoms with Crippen molar-refractivity contribution in [3.8, 4) is 0 Å². The fraction of sp³-hybridized carbons (Fsp3) is 0.250. The number of halogens is 2. The van der Waals surface area contributed by atoms with Gasteiger partial charge < -0.3 is 16.2 Å². The first kappa shape index (κ1) is 21.3. The van der Waals surface area contributed by atoms with Crippen molar-refractivity contribution in [1.82, 2.24) is 0 Å². The van der Waals surface area contributed by atoms with E-state index in [2.05, 4.69) is 16.9 Å². The van der Waals surface area contributed by atoms with Gasteiger partial charge in [-0.3, -0.25) is 4.31 Å². The average Bonchev–Trinajstić information content (AvgIpc) is 2.61. The molecule has 0 fully saturated rings. The second-order valence-electron chi connectivity index (χ2n) is 4.91. The van der Waals surface area contributed by atoms with E-state index in [0.29, 0.717) is 5.70 Å². The van der Waals surface area contributed by atoms with Crippen molar-refractivity contribution in [2.24, 2.45) is 21.7 Å². The van der Waals surface area contributed by atoms with Crippen molar-refractivity contribution in [1.29, 1.82) is 0 Å². The molecule has 0 aliphatic carbocycles. The molecule has 0 aliphatic rings. The third-order valence-corrected chi connectivity index (χ3v) is 3.87. The lowest BCUT2D eigenvalue weighted by Crippen LogP contribution is -2.29. The Kier molecular flexibility index (Phi) is 8.99. The number of nitrogens with two attached hydrogens (primary N) is 2. The Hall–Kier alpha value is -2.75. The van der Waals surface area contributed by atoms with Gasteiger partial charge in [0, 0.05) is 24.4 Å². The van der Waals surface area contributed by atoms with Crippen LogP contribution in [0.25, 0.3) is 0 Å². The number of rotatable bonds is 9. The van der Waals surface area contributed by atoms with E-state index in [-0.39, 0.29) is 18.1 Å². The quantitative estimate of drug-likeness (QED) is 0.292. The Labute approximate surface area is 153 Å². The van der Waals surface area contributed by atoms with Gasteiger partial charge in [0.1, 0.15) is 11.0 Å². The number of alkyl halides is 2. The minimum atomic E-state index is -2.68. The van der Waals surface area contributed by atoms with Gasteiger partial charge in [-0.1, -0.05) is 18.2 Å². The second kappa shape index (κ2) is 11.0. The molecule has 0 spiro atoms. The normalized spacial score (nSPS) is 14.2. The fourth-order valence-electron chi connectivity index (χ4n) is 1.79. The number of nitrogens with zero attached hydrogens (tertiary/aromatic N) is 3. The van der Waals surface area contributed by atoms with Crippen molar-refractivity contribution < 1.29 is 17.7 Å². The van der Waals surface area contributed by atoms with Crippen LogP contribution in [0.3, 0.4) is 0 Å². The third kappa shape index (κ3) is 7.43. The molecule has 1 aromatic rings. The molecule has 0 bridgehead atoms. The molecule has 0 aromatic heterocycles. The van der Waals surface area contributed by atoms with E-state index in [1.807, 2.05) is 18.2 Å². The summed E-state index contributed by atoms with van der Waals surface area (Å²) >= 11 is 0. The fourth-order valence-corrected chi connectivity index (χ4v) is 2.54. The Morgan fingerprint density at radius 2 is 2.00 bits per heavy atom. The third-order valence-electron chi connectivity index (χ3n) is 2.91. The van der Waals surface area contributed by atoms with Gasteiger partial charge in [-0.05, 0) is 24.3 Å². The maximum atomic E-state index is 12.2. The maximum absolute atomic E-state index is 12.2. The van der Waals surface area contributed by atoms with E-state index >= 15 is 0 Å². The summed E-state index contributed by atoms with van der Waals surface area (Å²) in [6, 6.07) is 9.09. The summed E-state index contributed by atoms with van der Waals surface area (Å²) in [6.45, 7) is 2.42. The van der Waals surface area contributed by atoms with Crippen molar-refractivity contribution >= 4 is 29.3 Å². The highest BCUT2D eigenvalue weighted by atomic mass is 32.2. The number of para-hydroxylation sites is 1. The summed E-state index contributed by atoms with van der Waals surface area (Å²) in [6.07, 6.45) is 1.63. The van der Waals surface area contributed by atoms with E-state index in [1.165, 1.54) is 18.4 Å². The Morgan fingerprint density at radius 3 is 2.54 bits per heavy atom. The van der Waals surface area contributed by atoms with E-state index in [0.717, 1.165) is 5.69 Å². The molecule has 0 amide bonds. The van der Waals surface area contributed by atoms with Crippen LogP contribution in [0.15, 0.2) is 64.1 Å². The molecule has 26 heavy (non-hydrogen) atoms. The van der Waals surface area contributed by atoms with Crippen molar-refractivity contribution in [2.75, 3.05) is 23.7 Å². The zero-order valence-electron chi connectivity index (χ0n) is 14.2. The summed E-state index contributed by atoms with van der Waals surface area (Å²) in [5.41, 5.74) is 12.7. The molecule has 10 heteroatoms. The molecule has 4 N–H and O–H groups in total. The van der Waals surface area contributed by atoms with Crippen LogP contribution in [0.4, 0.5) is 14.5 Å². The van der Waals surface area contributed by atoms with Crippen molar-refractivity contribution in [2.45, 2.75) is 6.43 Å². The molecule has 0 radical (unpaired) electrons. The molecule has 7 nitrogen and oxygen atoms in total. The van der Waals surface area contributed by atoms with Crippen LogP contribution in [0.5, 0.6) is 0 Å². The Morgan fingerprint density at radius 1 is 1.35 bits per heavy atom. The van der Waals surface area contributed by atoms with Crippen LogP contribution in [0, 0.1) is 0 Å². The molecule has 0 heterocycles. The van der Waals surface area contributed by atoms with Gasteiger partial charge in [0.15, 0.2) is 6.61 Å². The molecule has 1 aromatic carbocycles. The molecule has 142 valence electrons. The van der Waals surface area contributed by atoms with Crippen LogP contribution in [-0.2, 0) is 15.7 Å². The van der Waals surface area contributed by atoms with Gasteiger partial charge in [0.25, 0.3) is 12.3 Å². The zero-order valence-corrected chi connectivity index (χ0v) is 15.0. The summed E-state index contributed by atoms with van der Waals surface area (Å²) < 4.78 is 42.8. The van der Waals surface area contributed by atoms with Gasteiger partial charge in [0.2, 0.25) is 0 Å². The van der Waals surface area contributed by atoms with Crippen molar-refractivity contribution in [3.63, 3.8) is 0 Å². The molecular weight excluding hydrogens is 364 g/mol. The molecular formula is C16H21F2N5O2S. The van der Waals surface area contributed by atoms with Crippen LogP contribution < -0.4 is 15.8 Å². The summed E-state index contributed by atoms with van der Waals surface area (Å²) in [5, 5.41) is 6.68. The number of benzene rings is 1. The van der Waals surface area contributed by atoms with E-state index in [4.69, 9.17) is 16.2 Å². The molecule has 1 rings (SSSR count). The highest BCUT2D eigenvalue weighted by molar-refractivity contribution is 7.85. The predicted octanol–water partition coefficient (Wildman–Crippen LogP) is 1.77. The maximum Gasteiger partial charge on any atom is 0.272 e. The summed E-state index contributed by atoms with van der Waals surface area (Å²) in [5.74, 6) is -0.289. The number of hydrogen-bond acceptors (Lipinski definition) is 6. The van der Waals surface area contributed by atoms with Crippen molar-refractivity contribution in [3.05, 3.63) is 53.9 Å². The number of ether oxygens (including phenoxy) is 1. The second-order valence-corrected chi connectivity index (χ2v) is 6.20. The van der Waals surface area contributed by atoms with Crippen LogP contribution in [0.1, 0.15) is 0 Å². The molecule has 1 atom stereocenters. The van der Waals surface area contributed by atoms with E-state index in [1.54, 1.807) is 16.4 Å². The molecule has 1 unspecified atom stereocenters. The zero-order chi connectivity index (χ0) is 19.5. The number of hydrogen-bond donors (Lipinski definition) is 2. The van der Waals surface area contributed by atoms with Gasteiger partial charge in [-0.2, -0.15) is 5.10 Å². The van der Waals surface area contributed by atoms with Gasteiger partial charge in [0.05, 0.1) is 12.2 Å². The minimum Gasteiger partial charge on any atom is -0.469 e. The monoisotopic (exact) mass is 385 g/mol. The first-order valence-corrected chi connectivity index (χ1v) is 8.89. The SMILES string of the molecule is C=N/N=C(OCC(F)F)/C(N)=C/C=C(\N)CN(c1ccccc1)S(C)=O. The van der Waals surface area contributed by atoms with Crippen LogP contribution in [0.2, 0.25) is 0 Å². The Balaban J connectivity index is 2.89. The van der Waals surface area contributed by atoms with Gasteiger partial charge in [-0.25, -0.2) is 13.0 Å². The molecule has 0 aliphatic heterocycles.